The first-order chi connectivity index (χ1) is 10.8. The number of nitrogens with one attached hydrogen (secondary N) is 1. The van der Waals surface area contributed by atoms with Crippen molar-refractivity contribution in [3.8, 4) is 11.3 Å². The Hall–Kier alpha value is -2.66. The molecular formula is C17H14N2O2S. The van der Waals surface area contributed by atoms with Gasteiger partial charge < -0.3 is 4.74 Å². The molecule has 1 aromatic heterocycles. The summed E-state index contributed by atoms with van der Waals surface area (Å²) in [7, 11) is 0. The van der Waals surface area contributed by atoms with Crippen LogP contribution in [0.3, 0.4) is 0 Å². The quantitative estimate of drug-likeness (QED) is 0.768. The van der Waals surface area contributed by atoms with Crippen LogP contribution in [0, 0.1) is 0 Å². The second kappa shape index (κ2) is 6.87. The number of benzene rings is 2. The van der Waals surface area contributed by atoms with Gasteiger partial charge >= 0.3 is 6.09 Å². The van der Waals surface area contributed by atoms with E-state index in [1.54, 1.807) is 0 Å². The van der Waals surface area contributed by atoms with Crippen LogP contribution in [0.1, 0.15) is 5.56 Å². The van der Waals surface area contributed by atoms with Crippen molar-refractivity contribution in [2.75, 3.05) is 5.32 Å². The number of carbonyl (C=O) groups excluding carboxylic acids is 1. The van der Waals surface area contributed by atoms with Crippen molar-refractivity contribution < 1.29 is 9.53 Å². The van der Waals surface area contributed by atoms with E-state index in [-0.39, 0.29) is 6.61 Å². The highest BCUT2D eigenvalue weighted by Gasteiger charge is 2.08. The number of ether oxygens (including phenoxy) is 1. The van der Waals surface area contributed by atoms with Crippen LogP contribution in [-0.2, 0) is 11.3 Å². The third-order valence-electron chi connectivity index (χ3n) is 3.00. The molecule has 0 aliphatic heterocycles. The number of thiazole rings is 1. The van der Waals surface area contributed by atoms with Gasteiger partial charge in [0.1, 0.15) is 6.61 Å². The zero-order valence-corrected chi connectivity index (χ0v) is 12.5. The van der Waals surface area contributed by atoms with Gasteiger partial charge in [-0.15, -0.1) is 11.3 Å². The number of carbonyl (C=O) groups is 1. The van der Waals surface area contributed by atoms with Crippen LogP contribution in [0.25, 0.3) is 11.3 Å². The first-order valence-electron chi connectivity index (χ1n) is 6.80. The van der Waals surface area contributed by atoms with Crippen molar-refractivity contribution in [1.29, 1.82) is 0 Å². The molecule has 0 spiro atoms. The van der Waals surface area contributed by atoms with Crippen LogP contribution in [0.2, 0.25) is 0 Å². The monoisotopic (exact) mass is 310 g/mol. The van der Waals surface area contributed by atoms with E-state index in [2.05, 4.69) is 10.3 Å². The van der Waals surface area contributed by atoms with Gasteiger partial charge in [0.15, 0.2) is 5.13 Å². The second-order valence-electron chi connectivity index (χ2n) is 4.59. The molecular weight excluding hydrogens is 296 g/mol. The number of amides is 1. The van der Waals surface area contributed by atoms with Crippen LogP contribution < -0.4 is 5.32 Å². The summed E-state index contributed by atoms with van der Waals surface area (Å²) >= 11 is 1.37. The van der Waals surface area contributed by atoms with Gasteiger partial charge in [-0.05, 0) is 5.56 Å². The minimum atomic E-state index is -0.502. The van der Waals surface area contributed by atoms with Gasteiger partial charge in [0.2, 0.25) is 0 Å². The lowest BCUT2D eigenvalue weighted by Crippen LogP contribution is -2.13. The fourth-order valence-electron chi connectivity index (χ4n) is 1.92. The Bertz CT molecular complexity index is 742. The molecule has 0 fully saturated rings. The first-order valence-corrected chi connectivity index (χ1v) is 7.68. The molecule has 3 aromatic rings. The highest BCUT2D eigenvalue weighted by molar-refractivity contribution is 7.14. The van der Waals surface area contributed by atoms with Gasteiger partial charge in [0.05, 0.1) is 5.69 Å². The third-order valence-corrected chi connectivity index (χ3v) is 3.75. The molecule has 5 heteroatoms. The predicted octanol–water partition coefficient (Wildman–Crippen LogP) is 4.56. The lowest BCUT2D eigenvalue weighted by Gasteiger charge is -2.04. The Labute approximate surface area is 132 Å². The fourth-order valence-corrected chi connectivity index (χ4v) is 2.62. The molecule has 0 saturated carbocycles. The zero-order chi connectivity index (χ0) is 15.2. The van der Waals surface area contributed by atoms with Gasteiger partial charge in [0, 0.05) is 10.9 Å². The lowest BCUT2D eigenvalue weighted by molar-refractivity contribution is 0.155. The number of nitrogens with zero attached hydrogens (tertiary/aromatic N) is 1. The first kappa shape index (κ1) is 14.3. The van der Waals surface area contributed by atoms with Gasteiger partial charge in [-0.25, -0.2) is 9.78 Å². The molecule has 22 heavy (non-hydrogen) atoms. The Balaban J connectivity index is 1.57. The summed E-state index contributed by atoms with van der Waals surface area (Å²) in [6.45, 7) is 0.240. The molecule has 0 aliphatic carbocycles. The maximum Gasteiger partial charge on any atom is 0.413 e. The van der Waals surface area contributed by atoms with Crippen molar-refractivity contribution in [1.82, 2.24) is 4.98 Å². The van der Waals surface area contributed by atoms with E-state index in [4.69, 9.17) is 4.74 Å². The van der Waals surface area contributed by atoms with Crippen molar-refractivity contribution in [3.63, 3.8) is 0 Å². The summed E-state index contributed by atoms with van der Waals surface area (Å²) in [4.78, 5) is 16.1. The average molecular weight is 310 g/mol. The van der Waals surface area contributed by atoms with Crippen molar-refractivity contribution in [2.24, 2.45) is 0 Å². The predicted molar refractivity (Wildman–Crippen MR) is 87.8 cm³/mol. The molecule has 1 N–H and O–H groups in total. The number of rotatable bonds is 4. The largest absolute Gasteiger partial charge is 0.444 e. The highest BCUT2D eigenvalue weighted by atomic mass is 32.1. The average Bonchev–Trinajstić information content (AvgIpc) is 3.03. The van der Waals surface area contributed by atoms with Crippen LogP contribution >= 0.6 is 11.3 Å². The van der Waals surface area contributed by atoms with Gasteiger partial charge in [-0.3, -0.25) is 5.32 Å². The summed E-state index contributed by atoms with van der Waals surface area (Å²) < 4.78 is 5.16. The molecule has 3 rings (SSSR count). The van der Waals surface area contributed by atoms with E-state index >= 15 is 0 Å². The molecule has 0 aliphatic rings. The van der Waals surface area contributed by atoms with Crippen LogP contribution in [0.15, 0.2) is 66.0 Å². The minimum absolute atomic E-state index is 0.240. The maximum atomic E-state index is 11.8. The van der Waals surface area contributed by atoms with E-state index in [1.807, 2.05) is 66.0 Å². The number of hydrogen-bond acceptors (Lipinski definition) is 4. The Kier molecular flexibility index (Phi) is 4.46. The highest BCUT2D eigenvalue weighted by Crippen LogP contribution is 2.24. The lowest BCUT2D eigenvalue weighted by atomic mass is 10.2. The molecule has 0 atom stereocenters. The topological polar surface area (TPSA) is 51.2 Å². The fraction of sp³-hybridized carbons (Fsp3) is 0.0588. The van der Waals surface area contributed by atoms with Gasteiger partial charge in [-0.1, -0.05) is 60.7 Å². The number of anilines is 1. The molecule has 1 heterocycles. The summed E-state index contributed by atoms with van der Waals surface area (Å²) in [5, 5.41) is 5.08. The molecule has 110 valence electrons. The zero-order valence-electron chi connectivity index (χ0n) is 11.7. The number of aromatic nitrogens is 1. The van der Waals surface area contributed by atoms with Crippen molar-refractivity contribution >= 4 is 22.6 Å². The van der Waals surface area contributed by atoms with Crippen molar-refractivity contribution in [2.45, 2.75) is 6.61 Å². The van der Waals surface area contributed by atoms with Gasteiger partial charge in [0.25, 0.3) is 0 Å². The normalized spacial score (nSPS) is 10.2. The summed E-state index contributed by atoms with van der Waals surface area (Å²) in [5.41, 5.74) is 2.80. The van der Waals surface area contributed by atoms with Crippen LogP contribution in [-0.4, -0.2) is 11.1 Å². The van der Waals surface area contributed by atoms with Crippen LogP contribution in [0.5, 0.6) is 0 Å². The van der Waals surface area contributed by atoms with Gasteiger partial charge in [-0.2, -0.15) is 0 Å². The maximum absolute atomic E-state index is 11.8. The SMILES string of the molecule is O=C(Nc1nc(-c2ccccc2)cs1)OCc1ccccc1. The summed E-state index contributed by atoms with van der Waals surface area (Å²) in [6.07, 6.45) is -0.502. The standard InChI is InChI=1S/C17H14N2O2S/c20-17(21-11-13-7-3-1-4-8-13)19-16-18-15(12-22-16)14-9-5-2-6-10-14/h1-10,12H,11H2,(H,18,19,20). The minimum Gasteiger partial charge on any atom is -0.444 e. The second-order valence-corrected chi connectivity index (χ2v) is 5.45. The third kappa shape index (κ3) is 3.71. The molecule has 4 nitrogen and oxygen atoms in total. The Morgan fingerprint density at radius 1 is 1.05 bits per heavy atom. The van der Waals surface area contributed by atoms with E-state index in [9.17, 15) is 4.79 Å². The van der Waals surface area contributed by atoms with E-state index in [0.717, 1.165) is 16.8 Å². The van der Waals surface area contributed by atoms with E-state index in [1.165, 1.54) is 11.3 Å². The Morgan fingerprint density at radius 3 is 2.45 bits per heavy atom. The number of hydrogen-bond donors (Lipinski definition) is 1. The molecule has 0 saturated heterocycles. The molecule has 1 amide bonds. The van der Waals surface area contributed by atoms with Crippen LogP contribution in [0.4, 0.5) is 9.93 Å². The summed E-state index contributed by atoms with van der Waals surface area (Å²) in [6, 6.07) is 19.4. The van der Waals surface area contributed by atoms with Crippen molar-refractivity contribution in [3.05, 3.63) is 71.6 Å². The molecule has 2 aromatic carbocycles. The van der Waals surface area contributed by atoms with E-state index in [0.29, 0.717) is 5.13 Å². The molecule has 0 unspecified atom stereocenters. The molecule has 0 radical (unpaired) electrons. The summed E-state index contributed by atoms with van der Waals surface area (Å²) in [5.74, 6) is 0. The molecule has 0 bridgehead atoms. The smallest absolute Gasteiger partial charge is 0.413 e. The van der Waals surface area contributed by atoms with E-state index < -0.39 is 6.09 Å². The Morgan fingerprint density at radius 2 is 1.73 bits per heavy atom.